The minimum atomic E-state index is -0.534. The van der Waals surface area contributed by atoms with Gasteiger partial charge in [0.05, 0.1) is 25.7 Å². The van der Waals surface area contributed by atoms with Crippen LogP contribution in [0.5, 0.6) is 11.7 Å². The van der Waals surface area contributed by atoms with Crippen LogP contribution in [0.15, 0.2) is 22.6 Å². The van der Waals surface area contributed by atoms with Crippen LogP contribution < -0.4 is 9.47 Å². The number of rotatable bonds is 4. The van der Waals surface area contributed by atoms with Gasteiger partial charge < -0.3 is 18.6 Å². The van der Waals surface area contributed by atoms with Crippen molar-refractivity contribution in [2.75, 3.05) is 14.2 Å². The molecule has 0 N–H and O–H groups in total. The zero-order chi connectivity index (χ0) is 14.0. The van der Waals surface area contributed by atoms with Gasteiger partial charge in [-0.3, -0.25) is 0 Å². The standard InChI is InChI=1S/C14H16O5/c1-8(2)18-14-11-7-9(16-3)5-6-10(11)12(19-14)13(15)17-4/h5-8H,1-4H3. The number of methoxy groups -OCH3 is 2. The van der Waals surface area contributed by atoms with Crippen LogP contribution in [0.1, 0.15) is 24.4 Å². The molecule has 0 radical (unpaired) electrons. The number of carbonyl (C=O) groups excluding carboxylic acids is 1. The molecule has 0 atom stereocenters. The first-order valence-electron chi connectivity index (χ1n) is 5.92. The van der Waals surface area contributed by atoms with Gasteiger partial charge in [-0.2, -0.15) is 0 Å². The van der Waals surface area contributed by atoms with Gasteiger partial charge in [0, 0.05) is 5.39 Å². The molecule has 0 saturated carbocycles. The van der Waals surface area contributed by atoms with E-state index in [2.05, 4.69) is 0 Å². The van der Waals surface area contributed by atoms with Gasteiger partial charge in [-0.25, -0.2) is 4.79 Å². The highest BCUT2D eigenvalue weighted by molar-refractivity contribution is 6.04. The van der Waals surface area contributed by atoms with Crippen molar-refractivity contribution in [3.8, 4) is 11.7 Å². The Morgan fingerprint density at radius 2 is 1.95 bits per heavy atom. The molecular formula is C14H16O5. The van der Waals surface area contributed by atoms with E-state index in [0.29, 0.717) is 22.5 Å². The molecule has 102 valence electrons. The van der Waals surface area contributed by atoms with Crippen LogP contribution in [0.4, 0.5) is 0 Å². The molecule has 5 nitrogen and oxygen atoms in total. The fourth-order valence-corrected chi connectivity index (χ4v) is 1.77. The number of hydrogen-bond donors (Lipinski definition) is 0. The Morgan fingerprint density at radius 1 is 1.21 bits per heavy atom. The number of carbonyl (C=O) groups is 1. The van der Waals surface area contributed by atoms with Gasteiger partial charge in [0.15, 0.2) is 0 Å². The van der Waals surface area contributed by atoms with E-state index in [1.807, 2.05) is 13.8 Å². The molecule has 0 unspecified atom stereocenters. The van der Waals surface area contributed by atoms with Crippen molar-refractivity contribution in [1.29, 1.82) is 0 Å². The molecule has 1 aromatic carbocycles. The fourth-order valence-electron chi connectivity index (χ4n) is 1.77. The van der Waals surface area contributed by atoms with Crippen molar-refractivity contribution in [1.82, 2.24) is 0 Å². The van der Waals surface area contributed by atoms with E-state index >= 15 is 0 Å². The Bertz CT molecular complexity index is 597. The third-order valence-corrected chi connectivity index (χ3v) is 2.60. The highest BCUT2D eigenvalue weighted by atomic mass is 16.6. The predicted octanol–water partition coefficient (Wildman–Crippen LogP) is 3.02. The molecule has 0 bridgehead atoms. The van der Waals surface area contributed by atoms with Crippen molar-refractivity contribution in [3.05, 3.63) is 24.0 Å². The number of benzene rings is 1. The van der Waals surface area contributed by atoms with E-state index in [4.69, 9.17) is 18.6 Å². The average molecular weight is 264 g/mol. The normalized spacial score (nSPS) is 10.8. The molecule has 2 aromatic rings. The summed E-state index contributed by atoms with van der Waals surface area (Å²) in [7, 11) is 2.88. The van der Waals surface area contributed by atoms with Gasteiger partial charge in [-0.15, -0.1) is 0 Å². The summed E-state index contributed by atoms with van der Waals surface area (Å²) in [5.41, 5.74) is 0. The van der Waals surface area contributed by atoms with Crippen LogP contribution in [0.25, 0.3) is 10.8 Å². The lowest BCUT2D eigenvalue weighted by Crippen LogP contribution is -2.05. The minimum absolute atomic E-state index is 0.0638. The molecule has 0 aliphatic rings. The highest BCUT2D eigenvalue weighted by Gasteiger charge is 2.21. The zero-order valence-electron chi connectivity index (χ0n) is 11.4. The van der Waals surface area contributed by atoms with Crippen molar-refractivity contribution >= 4 is 16.7 Å². The summed E-state index contributed by atoms with van der Waals surface area (Å²) in [6, 6.07) is 5.27. The fraction of sp³-hybridized carbons (Fsp3) is 0.357. The predicted molar refractivity (Wildman–Crippen MR) is 69.9 cm³/mol. The van der Waals surface area contributed by atoms with E-state index in [9.17, 15) is 4.79 Å². The van der Waals surface area contributed by atoms with Crippen LogP contribution in [0, 0.1) is 0 Å². The van der Waals surface area contributed by atoms with E-state index in [1.54, 1.807) is 25.3 Å². The van der Waals surface area contributed by atoms with Gasteiger partial charge in [0.1, 0.15) is 5.75 Å². The van der Waals surface area contributed by atoms with Crippen molar-refractivity contribution in [2.45, 2.75) is 20.0 Å². The Labute approximate surface area is 111 Å². The number of hydrogen-bond acceptors (Lipinski definition) is 5. The van der Waals surface area contributed by atoms with Gasteiger partial charge in [0.25, 0.3) is 5.95 Å². The Hall–Kier alpha value is -2.17. The molecule has 1 heterocycles. The topological polar surface area (TPSA) is 57.9 Å². The Kier molecular flexibility index (Phi) is 3.64. The van der Waals surface area contributed by atoms with Crippen molar-refractivity contribution in [3.63, 3.8) is 0 Å². The van der Waals surface area contributed by atoms with Gasteiger partial charge in [0.2, 0.25) is 5.76 Å². The van der Waals surface area contributed by atoms with Crippen LogP contribution in [-0.2, 0) is 4.74 Å². The molecule has 0 spiro atoms. The van der Waals surface area contributed by atoms with Crippen molar-refractivity contribution < 1.29 is 23.4 Å². The second kappa shape index (κ2) is 5.22. The lowest BCUT2D eigenvalue weighted by molar-refractivity contribution is 0.0556. The smallest absolute Gasteiger partial charge is 0.374 e. The maximum Gasteiger partial charge on any atom is 0.374 e. The van der Waals surface area contributed by atoms with E-state index in [0.717, 1.165) is 0 Å². The highest BCUT2D eigenvalue weighted by Crippen LogP contribution is 2.35. The van der Waals surface area contributed by atoms with Gasteiger partial charge in [-0.1, -0.05) is 0 Å². The molecule has 0 saturated heterocycles. The molecule has 0 aliphatic heterocycles. The van der Waals surface area contributed by atoms with Gasteiger partial charge >= 0.3 is 5.97 Å². The monoisotopic (exact) mass is 264 g/mol. The molecule has 0 aliphatic carbocycles. The van der Waals surface area contributed by atoms with Crippen molar-refractivity contribution in [2.24, 2.45) is 0 Å². The van der Waals surface area contributed by atoms with Crippen LogP contribution in [-0.4, -0.2) is 26.3 Å². The number of ether oxygens (including phenoxy) is 3. The molecule has 2 rings (SSSR count). The first kappa shape index (κ1) is 13.3. The number of fused-ring (bicyclic) bond motifs is 1. The maximum absolute atomic E-state index is 11.7. The SMILES string of the molecule is COC(=O)c1oc(OC(C)C)c2cc(OC)ccc12. The average Bonchev–Trinajstić information content (AvgIpc) is 2.75. The van der Waals surface area contributed by atoms with E-state index in [1.165, 1.54) is 7.11 Å². The molecule has 1 aromatic heterocycles. The van der Waals surface area contributed by atoms with Crippen LogP contribution in [0.3, 0.4) is 0 Å². The number of esters is 1. The first-order valence-corrected chi connectivity index (χ1v) is 5.92. The van der Waals surface area contributed by atoms with E-state index < -0.39 is 5.97 Å². The summed E-state index contributed by atoms with van der Waals surface area (Å²) in [5, 5.41) is 1.33. The molecular weight excluding hydrogens is 248 g/mol. The van der Waals surface area contributed by atoms with Gasteiger partial charge in [-0.05, 0) is 32.0 Å². The van der Waals surface area contributed by atoms with E-state index in [-0.39, 0.29) is 11.9 Å². The lowest BCUT2D eigenvalue weighted by atomic mass is 10.1. The third kappa shape index (κ3) is 2.50. The molecule has 5 heteroatoms. The summed E-state index contributed by atoms with van der Waals surface area (Å²) in [6.45, 7) is 3.76. The maximum atomic E-state index is 11.7. The summed E-state index contributed by atoms with van der Waals surface area (Å²) >= 11 is 0. The second-order valence-electron chi connectivity index (χ2n) is 4.29. The Morgan fingerprint density at radius 3 is 2.53 bits per heavy atom. The third-order valence-electron chi connectivity index (χ3n) is 2.60. The second-order valence-corrected chi connectivity index (χ2v) is 4.29. The minimum Gasteiger partial charge on any atom is -0.497 e. The first-order chi connectivity index (χ1) is 9.06. The zero-order valence-corrected chi connectivity index (χ0v) is 11.4. The quantitative estimate of drug-likeness (QED) is 0.794. The summed E-state index contributed by atoms with van der Waals surface area (Å²) in [6.07, 6.45) is -0.0638. The summed E-state index contributed by atoms with van der Waals surface area (Å²) < 4.78 is 20.9. The Balaban J connectivity index is 2.62. The largest absolute Gasteiger partial charge is 0.497 e. The van der Waals surface area contributed by atoms with Crippen LogP contribution in [0.2, 0.25) is 0 Å². The molecule has 19 heavy (non-hydrogen) atoms. The van der Waals surface area contributed by atoms with Crippen LogP contribution >= 0.6 is 0 Å². The number of furan rings is 1. The molecule has 0 fully saturated rings. The summed E-state index contributed by atoms with van der Waals surface area (Å²) in [5.74, 6) is 0.562. The summed E-state index contributed by atoms with van der Waals surface area (Å²) in [4.78, 5) is 11.7. The lowest BCUT2D eigenvalue weighted by Gasteiger charge is -2.06. The molecule has 0 amide bonds.